The Morgan fingerprint density at radius 3 is 2.81 bits per heavy atom. The summed E-state index contributed by atoms with van der Waals surface area (Å²) in [6, 6.07) is 0.129. The van der Waals surface area contributed by atoms with Gasteiger partial charge in [0.25, 0.3) is 0 Å². The number of hydrogen-bond donors (Lipinski definition) is 0. The SMILES string of the molecule is COC(=O)CCCC(=O)N1CCCC1c1cnn(C)c1C. The van der Waals surface area contributed by atoms with Gasteiger partial charge in [-0.2, -0.15) is 5.10 Å². The number of aryl methyl sites for hydroxylation is 1. The predicted molar refractivity (Wildman–Crippen MR) is 77.5 cm³/mol. The molecule has 1 aliphatic heterocycles. The Balaban J connectivity index is 1.97. The molecule has 1 saturated heterocycles. The van der Waals surface area contributed by atoms with E-state index in [1.807, 2.05) is 29.7 Å². The fraction of sp³-hybridized carbons (Fsp3) is 0.667. The molecular formula is C15H23N3O3. The number of ether oxygens (including phenoxy) is 1. The van der Waals surface area contributed by atoms with E-state index < -0.39 is 0 Å². The van der Waals surface area contributed by atoms with Crippen molar-refractivity contribution >= 4 is 11.9 Å². The normalized spacial score (nSPS) is 18.0. The van der Waals surface area contributed by atoms with Crippen molar-refractivity contribution in [3.05, 3.63) is 17.5 Å². The maximum atomic E-state index is 12.4. The van der Waals surface area contributed by atoms with Gasteiger partial charge in [0.1, 0.15) is 0 Å². The molecule has 0 N–H and O–H groups in total. The zero-order valence-corrected chi connectivity index (χ0v) is 13.0. The first kappa shape index (κ1) is 15.5. The van der Waals surface area contributed by atoms with E-state index in [9.17, 15) is 9.59 Å². The molecule has 0 aromatic carbocycles. The second kappa shape index (κ2) is 6.74. The number of carbonyl (C=O) groups is 2. The third kappa shape index (κ3) is 3.43. The summed E-state index contributed by atoms with van der Waals surface area (Å²) in [5.74, 6) is -0.145. The van der Waals surface area contributed by atoms with Gasteiger partial charge in [0.05, 0.1) is 19.3 Å². The van der Waals surface area contributed by atoms with Crippen molar-refractivity contribution in [2.45, 2.75) is 45.1 Å². The van der Waals surface area contributed by atoms with Crippen LogP contribution in [0, 0.1) is 6.92 Å². The maximum Gasteiger partial charge on any atom is 0.305 e. The fourth-order valence-corrected chi connectivity index (χ4v) is 2.86. The molecule has 1 aliphatic rings. The van der Waals surface area contributed by atoms with Crippen LogP contribution in [0.3, 0.4) is 0 Å². The standard InChI is InChI=1S/C15H23N3O3/c1-11-12(10-16-17(11)2)13-6-5-9-18(13)14(19)7-4-8-15(20)21-3/h10,13H,4-9H2,1-3H3. The van der Waals surface area contributed by atoms with E-state index in [1.54, 1.807) is 0 Å². The van der Waals surface area contributed by atoms with E-state index in [-0.39, 0.29) is 17.9 Å². The summed E-state index contributed by atoms with van der Waals surface area (Å²) in [4.78, 5) is 25.4. The first-order valence-electron chi connectivity index (χ1n) is 7.39. The average molecular weight is 293 g/mol. The van der Waals surface area contributed by atoms with Gasteiger partial charge in [0.2, 0.25) is 5.91 Å². The smallest absolute Gasteiger partial charge is 0.305 e. The molecule has 0 spiro atoms. The maximum absolute atomic E-state index is 12.4. The monoisotopic (exact) mass is 293 g/mol. The molecule has 2 heterocycles. The van der Waals surface area contributed by atoms with Crippen LogP contribution >= 0.6 is 0 Å². The molecule has 1 atom stereocenters. The minimum atomic E-state index is -0.260. The molecule has 6 heteroatoms. The molecule has 21 heavy (non-hydrogen) atoms. The van der Waals surface area contributed by atoms with Gasteiger partial charge in [0.15, 0.2) is 0 Å². The van der Waals surface area contributed by atoms with Gasteiger partial charge in [-0.15, -0.1) is 0 Å². The molecule has 1 fully saturated rings. The van der Waals surface area contributed by atoms with Crippen LogP contribution in [-0.4, -0.2) is 40.2 Å². The van der Waals surface area contributed by atoms with Gasteiger partial charge in [0, 0.05) is 37.7 Å². The lowest BCUT2D eigenvalue weighted by molar-refractivity contribution is -0.140. The molecule has 0 saturated carbocycles. The van der Waals surface area contributed by atoms with Crippen molar-refractivity contribution < 1.29 is 14.3 Å². The molecule has 1 amide bonds. The van der Waals surface area contributed by atoms with Gasteiger partial charge >= 0.3 is 5.97 Å². The molecule has 2 rings (SSSR count). The van der Waals surface area contributed by atoms with Crippen LogP contribution in [-0.2, 0) is 21.4 Å². The number of aromatic nitrogens is 2. The van der Waals surface area contributed by atoms with E-state index in [1.165, 1.54) is 7.11 Å². The predicted octanol–water partition coefficient (Wildman–Crippen LogP) is 1.74. The molecule has 0 radical (unpaired) electrons. The number of esters is 1. The number of carbonyl (C=O) groups excluding carboxylic acids is 2. The van der Waals surface area contributed by atoms with Crippen LogP contribution in [0.5, 0.6) is 0 Å². The minimum Gasteiger partial charge on any atom is -0.469 e. The summed E-state index contributed by atoms with van der Waals surface area (Å²) in [5.41, 5.74) is 2.24. The van der Waals surface area contributed by atoms with Crippen molar-refractivity contribution in [3.8, 4) is 0 Å². The van der Waals surface area contributed by atoms with Gasteiger partial charge in [-0.3, -0.25) is 14.3 Å². The quantitative estimate of drug-likeness (QED) is 0.776. The molecule has 1 aromatic heterocycles. The largest absolute Gasteiger partial charge is 0.469 e. The second-order valence-electron chi connectivity index (χ2n) is 5.48. The summed E-state index contributed by atoms with van der Waals surface area (Å²) >= 11 is 0. The number of likely N-dealkylation sites (tertiary alicyclic amines) is 1. The van der Waals surface area contributed by atoms with E-state index >= 15 is 0 Å². The summed E-state index contributed by atoms with van der Waals surface area (Å²) in [6.45, 7) is 2.82. The first-order chi connectivity index (χ1) is 10.0. The van der Waals surface area contributed by atoms with Crippen LogP contribution < -0.4 is 0 Å². The van der Waals surface area contributed by atoms with Crippen molar-refractivity contribution in [2.75, 3.05) is 13.7 Å². The third-order valence-corrected chi connectivity index (χ3v) is 4.20. The van der Waals surface area contributed by atoms with E-state index in [4.69, 9.17) is 0 Å². The van der Waals surface area contributed by atoms with Crippen molar-refractivity contribution in [2.24, 2.45) is 7.05 Å². The molecular weight excluding hydrogens is 270 g/mol. The average Bonchev–Trinajstić information content (AvgIpc) is 3.06. The van der Waals surface area contributed by atoms with Crippen LogP contribution in [0.15, 0.2) is 6.20 Å². The highest BCUT2D eigenvalue weighted by Gasteiger charge is 2.31. The van der Waals surface area contributed by atoms with Crippen molar-refractivity contribution in [3.63, 3.8) is 0 Å². The topological polar surface area (TPSA) is 64.4 Å². The lowest BCUT2D eigenvalue weighted by Crippen LogP contribution is -2.30. The molecule has 116 valence electrons. The lowest BCUT2D eigenvalue weighted by atomic mass is 10.1. The Morgan fingerprint density at radius 1 is 1.43 bits per heavy atom. The van der Waals surface area contributed by atoms with Crippen LogP contribution in [0.2, 0.25) is 0 Å². The van der Waals surface area contributed by atoms with Crippen molar-refractivity contribution in [1.29, 1.82) is 0 Å². The van der Waals surface area contributed by atoms with Gasteiger partial charge in [-0.05, 0) is 26.2 Å². The fourth-order valence-electron chi connectivity index (χ4n) is 2.86. The summed E-state index contributed by atoms with van der Waals surface area (Å²) < 4.78 is 6.43. The first-order valence-corrected chi connectivity index (χ1v) is 7.39. The van der Waals surface area contributed by atoms with E-state index in [0.29, 0.717) is 19.3 Å². The molecule has 0 bridgehead atoms. The number of methoxy groups -OCH3 is 1. The second-order valence-corrected chi connectivity index (χ2v) is 5.48. The molecule has 1 unspecified atom stereocenters. The lowest BCUT2D eigenvalue weighted by Gasteiger charge is -2.24. The number of amides is 1. The Morgan fingerprint density at radius 2 is 2.19 bits per heavy atom. The Kier molecular flexibility index (Phi) is 4.98. The number of rotatable bonds is 5. The van der Waals surface area contributed by atoms with Crippen molar-refractivity contribution in [1.82, 2.24) is 14.7 Å². The summed E-state index contributed by atoms with van der Waals surface area (Å²) in [5, 5.41) is 4.27. The highest BCUT2D eigenvalue weighted by molar-refractivity contribution is 5.78. The highest BCUT2D eigenvalue weighted by Crippen LogP contribution is 2.34. The van der Waals surface area contributed by atoms with Gasteiger partial charge in [-0.25, -0.2) is 0 Å². The van der Waals surface area contributed by atoms with Crippen LogP contribution in [0.25, 0.3) is 0 Å². The minimum absolute atomic E-state index is 0.115. The van der Waals surface area contributed by atoms with E-state index in [0.717, 1.165) is 30.6 Å². The van der Waals surface area contributed by atoms with Crippen LogP contribution in [0.4, 0.5) is 0 Å². The molecule has 0 aliphatic carbocycles. The van der Waals surface area contributed by atoms with Gasteiger partial charge in [-0.1, -0.05) is 0 Å². The van der Waals surface area contributed by atoms with E-state index in [2.05, 4.69) is 9.84 Å². The number of hydrogen-bond acceptors (Lipinski definition) is 4. The highest BCUT2D eigenvalue weighted by atomic mass is 16.5. The molecule has 1 aromatic rings. The zero-order valence-electron chi connectivity index (χ0n) is 13.0. The summed E-state index contributed by atoms with van der Waals surface area (Å²) in [6.07, 6.45) is 5.09. The Bertz CT molecular complexity index is 524. The third-order valence-electron chi connectivity index (χ3n) is 4.20. The zero-order chi connectivity index (χ0) is 15.4. The molecule has 6 nitrogen and oxygen atoms in total. The number of nitrogens with zero attached hydrogens (tertiary/aromatic N) is 3. The summed E-state index contributed by atoms with van der Waals surface area (Å²) in [7, 11) is 3.28. The Labute approximate surface area is 125 Å². The van der Waals surface area contributed by atoms with Crippen LogP contribution in [0.1, 0.15) is 49.4 Å². The van der Waals surface area contributed by atoms with Gasteiger partial charge < -0.3 is 9.64 Å². The Hall–Kier alpha value is -1.85.